The van der Waals surface area contributed by atoms with Gasteiger partial charge in [0.25, 0.3) is 12.5 Å². The van der Waals surface area contributed by atoms with E-state index in [1.165, 1.54) is 0 Å². The van der Waals surface area contributed by atoms with Crippen molar-refractivity contribution >= 4 is 0 Å². The Balaban J connectivity index is 3.90. The van der Waals surface area contributed by atoms with Gasteiger partial charge in [-0.3, -0.25) is 0 Å². The quantitative estimate of drug-likeness (QED) is 0.632. The van der Waals surface area contributed by atoms with Crippen molar-refractivity contribution in [3.05, 3.63) is 0 Å². The molecule has 0 fully saturated rings. The minimum atomic E-state index is -0.433. The molecule has 15 heavy (non-hydrogen) atoms. The number of ether oxygens (including phenoxy) is 2. The van der Waals surface area contributed by atoms with Crippen LogP contribution < -0.4 is 0 Å². The Morgan fingerprint density at radius 2 is 1.20 bits per heavy atom. The molecule has 0 unspecified atom stereocenters. The van der Waals surface area contributed by atoms with Gasteiger partial charge in [0.1, 0.15) is 11.2 Å². The number of rotatable bonds is 6. The Morgan fingerprint density at radius 3 is 1.47 bits per heavy atom. The third-order valence-corrected chi connectivity index (χ3v) is 2.20. The number of hydrogen-bond donors (Lipinski definition) is 0. The highest BCUT2D eigenvalue weighted by atomic mass is 16.5. The van der Waals surface area contributed by atoms with Crippen molar-refractivity contribution in [1.29, 1.82) is 10.5 Å². The molecule has 0 aliphatic heterocycles. The van der Waals surface area contributed by atoms with E-state index in [1.54, 1.807) is 12.5 Å². The fraction of sp³-hybridized carbons (Fsp3) is 0.818. The Hall–Kier alpha value is -1.42. The monoisotopic (exact) mass is 210 g/mol. The third-order valence-electron chi connectivity index (χ3n) is 2.20. The van der Waals surface area contributed by atoms with Gasteiger partial charge in [0, 0.05) is 0 Å². The molecule has 0 bridgehead atoms. The Morgan fingerprint density at radius 1 is 0.867 bits per heavy atom. The van der Waals surface area contributed by atoms with Gasteiger partial charge in [-0.15, -0.1) is 0 Å². The lowest BCUT2D eigenvalue weighted by Crippen LogP contribution is -2.26. The molecule has 0 aromatic carbocycles. The van der Waals surface area contributed by atoms with Crippen LogP contribution in [0.25, 0.3) is 0 Å². The maximum Gasteiger partial charge on any atom is 0.286 e. The van der Waals surface area contributed by atoms with Crippen LogP contribution >= 0.6 is 0 Å². The largest absolute Gasteiger partial charge is 0.421 e. The molecule has 0 heterocycles. The molecule has 0 radical (unpaired) electrons. The van der Waals surface area contributed by atoms with Crippen LogP contribution in [0.15, 0.2) is 0 Å². The van der Waals surface area contributed by atoms with Crippen LogP contribution in [-0.2, 0) is 9.47 Å². The molecule has 4 heteroatoms. The molecule has 0 saturated carbocycles. The van der Waals surface area contributed by atoms with E-state index in [0.717, 1.165) is 19.3 Å². The van der Waals surface area contributed by atoms with E-state index in [-0.39, 0.29) is 0 Å². The molecule has 0 N–H and O–H groups in total. The summed E-state index contributed by atoms with van der Waals surface area (Å²) in [6.45, 7) is 7.48. The molecule has 0 aliphatic carbocycles. The van der Waals surface area contributed by atoms with Crippen LogP contribution in [0.5, 0.6) is 0 Å². The van der Waals surface area contributed by atoms with E-state index in [2.05, 4.69) is 0 Å². The van der Waals surface area contributed by atoms with Gasteiger partial charge >= 0.3 is 0 Å². The first-order valence-corrected chi connectivity index (χ1v) is 4.97. The van der Waals surface area contributed by atoms with E-state index in [4.69, 9.17) is 20.0 Å². The lowest BCUT2D eigenvalue weighted by Gasteiger charge is -2.25. The van der Waals surface area contributed by atoms with E-state index in [9.17, 15) is 0 Å². The lowest BCUT2D eigenvalue weighted by molar-refractivity contribution is 0.0352. The highest BCUT2D eigenvalue weighted by molar-refractivity contribution is 4.77. The number of nitriles is 2. The zero-order chi connectivity index (χ0) is 11.9. The van der Waals surface area contributed by atoms with Crippen molar-refractivity contribution in [2.45, 2.75) is 58.2 Å². The highest BCUT2D eigenvalue weighted by Crippen LogP contribution is 2.23. The van der Waals surface area contributed by atoms with Crippen molar-refractivity contribution < 1.29 is 9.47 Å². The fourth-order valence-corrected chi connectivity index (χ4v) is 1.29. The van der Waals surface area contributed by atoms with Gasteiger partial charge in [0.15, 0.2) is 0 Å². The van der Waals surface area contributed by atoms with Crippen molar-refractivity contribution in [2.75, 3.05) is 0 Å². The smallest absolute Gasteiger partial charge is 0.286 e. The van der Waals surface area contributed by atoms with Crippen LogP contribution in [-0.4, -0.2) is 11.2 Å². The molecule has 0 aromatic rings. The first-order valence-electron chi connectivity index (χ1n) is 4.97. The fourth-order valence-electron chi connectivity index (χ4n) is 1.29. The highest BCUT2D eigenvalue weighted by Gasteiger charge is 2.23. The summed E-state index contributed by atoms with van der Waals surface area (Å²) in [6, 6.07) is 0. The van der Waals surface area contributed by atoms with E-state index >= 15 is 0 Å². The maximum atomic E-state index is 8.41. The molecule has 0 amide bonds. The lowest BCUT2D eigenvalue weighted by atomic mass is 9.95. The predicted octanol–water partition coefficient (Wildman–Crippen LogP) is 2.71. The Bertz CT molecular complexity index is 243. The van der Waals surface area contributed by atoms with Crippen LogP contribution in [0.3, 0.4) is 0 Å². The summed E-state index contributed by atoms with van der Waals surface area (Å²) < 4.78 is 9.81. The average Bonchev–Trinajstić information content (AvgIpc) is 2.02. The first-order chi connectivity index (χ1) is 6.83. The third kappa shape index (κ3) is 6.62. The molecule has 0 spiro atoms. The molecular formula is C11H18N2O2. The molecule has 0 saturated heterocycles. The van der Waals surface area contributed by atoms with Crippen molar-refractivity contribution in [3.63, 3.8) is 0 Å². The van der Waals surface area contributed by atoms with E-state index < -0.39 is 11.2 Å². The topological polar surface area (TPSA) is 66.0 Å². The molecule has 0 aliphatic rings. The van der Waals surface area contributed by atoms with Gasteiger partial charge < -0.3 is 9.47 Å². The zero-order valence-electron chi connectivity index (χ0n) is 9.83. The second-order valence-electron chi connectivity index (χ2n) is 4.76. The van der Waals surface area contributed by atoms with Crippen LogP contribution in [0.1, 0.15) is 47.0 Å². The number of hydrogen-bond acceptors (Lipinski definition) is 4. The van der Waals surface area contributed by atoms with E-state index in [1.807, 2.05) is 27.7 Å². The van der Waals surface area contributed by atoms with Crippen molar-refractivity contribution in [3.8, 4) is 12.5 Å². The Labute approximate surface area is 91.4 Å². The second-order valence-corrected chi connectivity index (χ2v) is 4.76. The van der Waals surface area contributed by atoms with Gasteiger partial charge in [0.2, 0.25) is 0 Å². The Kier molecular flexibility index (Phi) is 4.94. The van der Waals surface area contributed by atoms with Gasteiger partial charge in [-0.2, -0.15) is 10.5 Å². The standard InChI is InChI=1S/C11H18N2O2/c1-10(2,14-8-12)6-5-7-11(3,4)15-9-13/h5-7H2,1-4H3. The van der Waals surface area contributed by atoms with E-state index in [0.29, 0.717) is 0 Å². The summed E-state index contributed by atoms with van der Waals surface area (Å²) in [7, 11) is 0. The zero-order valence-corrected chi connectivity index (χ0v) is 9.83. The summed E-state index contributed by atoms with van der Waals surface area (Å²) in [6.07, 6.45) is 5.77. The summed E-state index contributed by atoms with van der Waals surface area (Å²) in [5, 5.41) is 16.8. The van der Waals surface area contributed by atoms with Crippen molar-refractivity contribution in [1.82, 2.24) is 0 Å². The maximum absolute atomic E-state index is 8.41. The molecule has 0 aromatic heterocycles. The molecular weight excluding hydrogens is 192 g/mol. The normalized spacial score (nSPS) is 11.3. The minimum absolute atomic E-state index is 0.433. The van der Waals surface area contributed by atoms with Gasteiger partial charge in [-0.05, 0) is 47.0 Å². The van der Waals surface area contributed by atoms with Crippen LogP contribution in [0.2, 0.25) is 0 Å². The van der Waals surface area contributed by atoms with Gasteiger partial charge in [0.05, 0.1) is 0 Å². The molecule has 4 nitrogen and oxygen atoms in total. The predicted molar refractivity (Wildman–Crippen MR) is 55.4 cm³/mol. The van der Waals surface area contributed by atoms with Gasteiger partial charge in [-0.25, -0.2) is 0 Å². The number of nitrogens with zero attached hydrogens (tertiary/aromatic N) is 2. The summed E-state index contributed by atoms with van der Waals surface area (Å²) >= 11 is 0. The summed E-state index contributed by atoms with van der Waals surface area (Å²) in [4.78, 5) is 0. The SMILES string of the molecule is CC(C)(CCCC(C)(C)OC#N)OC#N. The van der Waals surface area contributed by atoms with Gasteiger partial charge in [-0.1, -0.05) is 0 Å². The molecule has 0 rings (SSSR count). The summed E-state index contributed by atoms with van der Waals surface area (Å²) in [5.41, 5.74) is -0.866. The molecule has 0 atom stereocenters. The van der Waals surface area contributed by atoms with Crippen LogP contribution in [0, 0.1) is 23.0 Å². The van der Waals surface area contributed by atoms with Crippen LogP contribution in [0.4, 0.5) is 0 Å². The van der Waals surface area contributed by atoms with Crippen molar-refractivity contribution in [2.24, 2.45) is 0 Å². The first kappa shape index (κ1) is 13.6. The molecule has 84 valence electrons. The minimum Gasteiger partial charge on any atom is -0.421 e. The summed E-state index contributed by atoms with van der Waals surface area (Å²) in [5.74, 6) is 0. The average molecular weight is 210 g/mol. The second kappa shape index (κ2) is 5.46.